The highest BCUT2D eigenvalue weighted by Crippen LogP contribution is 2.45. The highest BCUT2D eigenvalue weighted by atomic mass is 32.2. The molecule has 1 N–H and O–H groups in total. The van der Waals surface area contributed by atoms with Crippen LogP contribution in [0.15, 0.2) is 107 Å². The number of hydrogen-bond acceptors (Lipinski definition) is 9. The SMILES string of the molecule is CC(C)(C)OC(=O)N1CC[C@H](c2cc3c(cnc4c3c(-c3ccccc3)c(-c3ccc(CN5CCC(S(C)(=O)=O)CC5)cc3)n4S(=O)(=O)c3ccccc3)[nH]c2=O)C1. The lowest BCUT2D eigenvalue weighted by Crippen LogP contribution is -2.38. The van der Waals surface area contributed by atoms with Gasteiger partial charge < -0.3 is 14.6 Å². The van der Waals surface area contributed by atoms with Crippen molar-refractivity contribution >= 4 is 47.9 Å². The van der Waals surface area contributed by atoms with E-state index < -0.39 is 31.6 Å². The fraction of sp³-hybridized carbons (Fsp3) is 0.341. The monoisotopic (exact) mass is 821 g/mol. The Labute approximate surface area is 338 Å². The largest absolute Gasteiger partial charge is 0.444 e. The van der Waals surface area contributed by atoms with E-state index in [1.807, 2.05) is 81.4 Å². The normalized spacial score (nSPS) is 17.3. The summed E-state index contributed by atoms with van der Waals surface area (Å²) < 4.78 is 61.1. The molecule has 2 fully saturated rings. The molecule has 2 aliphatic rings. The second-order valence-electron chi connectivity index (χ2n) is 16.4. The number of aromatic nitrogens is 3. The molecule has 0 radical (unpaired) electrons. The fourth-order valence-electron chi connectivity index (χ4n) is 8.32. The van der Waals surface area contributed by atoms with Crippen LogP contribution in [0.25, 0.3) is 44.3 Å². The summed E-state index contributed by atoms with van der Waals surface area (Å²) in [7, 11) is -7.34. The first-order chi connectivity index (χ1) is 27.6. The van der Waals surface area contributed by atoms with Gasteiger partial charge in [-0.25, -0.2) is 30.6 Å². The van der Waals surface area contributed by atoms with Gasteiger partial charge in [0.25, 0.3) is 15.6 Å². The zero-order chi connectivity index (χ0) is 41.0. The standard InChI is InChI=1S/C44H47N5O7S2/c1-44(2,3)56-43(51)48-24-19-32(28-48)35-25-36-37(46-42(35)50)26-45-41-39(36)38(30-11-7-5-8-12-30)40(49(41)58(54,55)34-13-9-6-10-14-34)31-17-15-29(16-18-31)27-47-22-20-33(21-23-47)57(4,52)53/h5-18,25-26,32-33H,19-24,27-28H2,1-4H3,(H,46,50)/t32-/m0/s1. The summed E-state index contributed by atoms with van der Waals surface area (Å²) >= 11 is 0. The summed E-state index contributed by atoms with van der Waals surface area (Å²) in [6.45, 7) is 8.16. The molecule has 14 heteroatoms. The Morgan fingerprint density at radius 2 is 1.52 bits per heavy atom. The van der Waals surface area contributed by atoms with Gasteiger partial charge in [-0.1, -0.05) is 72.8 Å². The third kappa shape index (κ3) is 7.68. The number of pyridine rings is 2. The maximum atomic E-state index is 14.9. The maximum absolute atomic E-state index is 14.9. The minimum atomic E-state index is -4.25. The number of hydrogen-bond donors (Lipinski definition) is 1. The van der Waals surface area contributed by atoms with E-state index in [4.69, 9.17) is 9.72 Å². The summed E-state index contributed by atoms with van der Waals surface area (Å²) in [4.78, 5) is 38.5. The van der Waals surface area contributed by atoms with Gasteiger partial charge >= 0.3 is 6.09 Å². The lowest BCUT2D eigenvalue weighted by molar-refractivity contribution is 0.0292. The van der Waals surface area contributed by atoms with Crippen molar-refractivity contribution in [3.63, 3.8) is 0 Å². The molecule has 1 atom stereocenters. The van der Waals surface area contributed by atoms with E-state index in [0.717, 1.165) is 11.1 Å². The number of piperidine rings is 1. The average Bonchev–Trinajstić information content (AvgIpc) is 3.83. The quantitative estimate of drug-likeness (QED) is 0.168. The van der Waals surface area contributed by atoms with Gasteiger partial charge in [0.1, 0.15) is 15.4 Å². The molecule has 2 aliphatic heterocycles. The Morgan fingerprint density at radius 3 is 2.16 bits per heavy atom. The Hall–Kier alpha value is -5.31. The van der Waals surface area contributed by atoms with Crippen LogP contribution in [0.3, 0.4) is 0 Å². The first-order valence-corrected chi connectivity index (χ1v) is 22.9. The molecule has 1 amide bonds. The predicted octanol–water partition coefficient (Wildman–Crippen LogP) is 7.18. The van der Waals surface area contributed by atoms with E-state index in [1.54, 1.807) is 35.2 Å². The lowest BCUT2D eigenvalue weighted by atomic mass is 9.94. The number of likely N-dealkylation sites (tertiary alicyclic amines) is 2. The molecule has 6 aromatic rings. The highest BCUT2D eigenvalue weighted by molar-refractivity contribution is 7.91. The molecular weight excluding hydrogens is 775 g/mol. The van der Waals surface area contributed by atoms with Crippen molar-refractivity contribution < 1.29 is 26.4 Å². The number of sulfone groups is 1. The average molecular weight is 822 g/mol. The number of rotatable bonds is 8. The van der Waals surface area contributed by atoms with E-state index in [0.29, 0.717) is 90.7 Å². The first-order valence-electron chi connectivity index (χ1n) is 19.5. The number of carbonyl (C=O) groups excluding carboxylic acids is 1. The zero-order valence-electron chi connectivity index (χ0n) is 33.0. The van der Waals surface area contributed by atoms with Gasteiger partial charge in [-0.3, -0.25) is 9.69 Å². The molecule has 58 heavy (non-hydrogen) atoms. The summed E-state index contributed by atoms with van der Waals surface area (Å²) in [6.07, 6.45) is 4.12. The molecule has 3 aromatic heterocycles. The number of amides is 1. The second-order valence-corrected chi connectivity index (χ2v) is 20.5. The molecule has 0 unspecified atom stereocenters. The van der Waals surface area contributed by atoms with Crippen LogP contribution in [0.4, 0.5) is 4.79 Å². The van der Waals surface area contributed by atoms with E-state index in [1.165, 1.54) is 16.4 Å². The molecule has 8 rings (SSSR count). The van der Waals surface area contributed by atoms with Crippen molar-refractivity contribution in [1.29, 1.82) is 0 Å². The first kappa shape index (κ1) is 39.5. The summed E-state index contributed by atoms with van der Waals surface area (Å²) in [5.41, 5.74) is 3.71. The van der Waals surface area contributed by atoms with E-state index in [9.17, 15) is 26.4 Å². The molecule has 2 saturated heterocycles. The summed E-state index contributed by atoms with van der Waals surface area (Å²) in [5, 5.41) is 0.877. The number of H-pyrrole nitrogens is 1. The lowest BCUT2D eigenvalue weighted by Gasteiger charge is -2.31. The molecule has 0 saturated carbocycles. The van der Waals surface area contributed by atoms with Crippen LogP contribution in [-0.4, -0.2) is 90.0 Å². The van der Waals surface area contributed by atoms with Gasteiger partial charge in [0.15, 0.2) is 5.65 Å². The van der Waals surface area contributed by atoms with Crippen molar-refractivity contribution in [1.82, 2.24) is 23.7 Å². The Morgan fingerprint density at radius 1 is 0.862 bits per heavy atom. The van der Waals surface area contributed by atoms with Crippen LogP contribution in [-0.2, 0) is 31.1 Å². The predicted molar refractivity (Wildman–Crippen MR) is 226 cm³/mol. The Bertz CT molecular complexity index is 2790. The highest BCUT2D eigenvalue weighted by Gasteiger charge is 2.34. The van der Waals surface area contributed by atoms with Crippen molar-refractivity contribution in [2.24, 2.45) is 0 Å². The molecule has 0 bridgehead atoms. The van der Waals surface area contributed by atoms with Gasteiger partial charge in [-0.2, -0.15) is 0 Å². The van der Waals surface area contributed by atoms with E-state index >= 15 is 0 Å². The number of carbonyl (C=O) groups is 1. The molecular formula is C44H47N5O7S2. The Balaban J connectivity index is 1.30. The second kappa shape index (κ2) is 15.1. The zero-order valence-corrected chi connectivity index (χ0v) is 34.6. The van der Waals surface area contributed by atoms with Crippen LogP contribution in [0, 0.1) is 0 Å². The van der Waals surface area contributed by atoms with Crippen molar-refractivity contribution in [2.45, 2.75) is 68.2 Å². The third-order valence-corrected chi connectivity index (χ3v) is 14.6. The van der Waals surface area contributed by atoms with Gasteiger partial charge in [0, 0.05) is 53.7 Å². The van der Waals surface area contributed by atoms with Crippen LogP contribution >= 0.6 is 0 Å². The van der Waals surface area contributed by atoms with Gasteiger partial charge in [-0.05, 0) is 88.0 Å². The molecule has 5 heterocycles. The van der Waals surface area contributed by atoms with Crippen LogP contribution in [0.5, 0.6) is 0 Å². The number of ether oxygens (including phenoxy) is 1. The van der Waals surface area contributed by atoms with Crippen LogP contribution < -0.4 is 5.56 Å². The smallest absolute Gasteiger partial charge is 0.410 e. The summed E-state index contributed by atoms with van der Waals surface area (Å²) in [5.74, 6) is -0.275. The number of nitrogens with one attached hydrogen (secondary N) is 1. The van der Waals surface area contributed by atoms with Crippen LogP contribution in [0.1, 0.15) is 57.1 Å². The minimum absolute atomic E-state index is 0.0964. The van der Waals surface area contributed by atoms with E-state index in [-0.39, 0.29) is 27.3 Å². The number of fused-ring (bicyclic) bond motifs is 3. The van der Waals surface area contributed by atoms with Gasteiger partial charge in [0.05, 0.1) is 27.6 Å². The van der Waals surface area contributed by atoms with Crippen molar-refractivity contribution in [3.05, 3.63) is 119 Å². The topological polar surface area (TPSA) is 152 Å². The van der Waals surface area contributed by atoms with Crippen molar-refractivity contribution in [3.8, 4) is 22.4 Å². The fourth-order valence-corrected chi connectivity index (χ4v) is 10.9. The Kier molecular flexibility index (Phi) is 10.3. The van der Waals surface area contributed by atoms with Gasteiger partial charge in [0.2, 0.25) is 0 Å². The molecule has 0 spiro atoms. The van der Waals surface area contributed by atoms with E-state index in [2.05, 4.69) is 9.88 Å². The number of benzene rings is 3. The molecule has 3 aromatic carbocycles. The maximum Gasteiger partial charge on any atom is 0.410 e. The molecule has 0 aliphatic carbocycles. The third-order valence-electron chi connectivity index (χ3n) is 11.2. The molecule has 12 nitrogen and oxygen atoms in total. The minimum Gasteiger partial charge on any atom is -0.444 e. The summed E-state index contributed by atoms with van der Waals surface area (Å²) in [6, 6.07) is 27.5. The number of aromatic amines is 1. The number of nitrogens with zero attached hydrogens (tertiary/aromatic N) is 4. The van der Waals surface area contributed by atoms with Crippen LogP contribution in [0.2, 0.25) is 0 Å². The van der Waals surface area contributed by atoms with Gasteiger partial charge in [-0.15, -0.1) is 0 Å². The van der Waals surface area contributed by atoms with Crippen molar-refractivity contribution in [2.75, 3.05) is 32.4 Å². The molecule has 302 valence electrons.